The van der Waals surface area contributed by atoms with Gasteiger partial charge in [0, 0.05) is 17.5 Å². The van der Waals surface area contributed by atoms with Gasteiger partial charge in [-0.25, -0.2) is 14.2 Å². The number of ether oxygens (including phenoxy) is 1. The standard InChI is InChI=1S/C23H19FN6O7S/c24-11-3-1-2-4-13(11)29-6-5-10(20(29)32)7-15-18(22(34)35)30-14(8-37-15)17(21(30)33)27-19(31)16(28-36)12-9-38-23(25)26-12/h1-4,7,9,14,16-17H,5-6,8H2,(H2,25,26)(H,27,31)(H,34,35)/t14-,16?,17+/m1/s1. The highest BCUT2D eigenvalue weighted by Gasteiger charge is 2.55. The number of aromatic nitrogens is 1. The number of halogens is 1. The Bertz CT molecular complexity index is 1440. The molecule has 2 fully saturated rings. The van der Waals surface area contributed by atoms with Crippen molar-refractivity contribution in [2.24, 2.45) is 5.18 Å². The number of nitrogens with two attached hydrogens (primary N) is 1. The summed E-state index contributed by atoms with van der Waals surface area (Å²) in [6.45, 7) is -0.0160. The lowest BCUT2D eigenvalue weighted by atomic mass is 9.92. The molecule has 1 aromatic carbocycles. The average molecular weight is 543 g/mol. The van der Waals surface area contributed by atoms with Crippen LogP contribution in [0.2, 0.25) is 0 Å². The van der Waals surface area contributed by atoms with E-state index in [1.807, 2.05) is 0 Å². The molecule has 4 heterocycles. The average Bonchev–Trinajstić information content (AvgIpc) is 3.48. The summed E-state index contributed by atoms with van der Waals surface area (Å²) in [5, 5.41) is 16.5. The number of carboxylic acid groups (broad SMARTS) is 1. The molecule has 0 radical (unpaired) electrons. The molecule has 13 nitrogen and oxygen atoms in total. The third-order valence-corrected chi connectivity index (χ3v) is 7.04. The Morgan fingerprint density at radius 1 is 1.34 bits per heavy atom. The molecule has 0 saturated carbocycles. The van der Waals surface area contributed by atoms with Crippen molar-refractivity contribution in [1.82, 2.24) is 15.2 Å². The summed E-state index contributed by atoms with van der Waals surface area (Å²) < 4.78 is 19.8. The fourth-order valence-electron chi connectivity index (χ4n) is 4.53. The molecule has 0 aliphatic carbocycles. The van der Waals surface area contributed by atoms with Gasteiger partial charge < -0.3 is 25.8 Å². The second kappa shape index (κ2) is 9.66. The largest absolute Gasteiger partial charge is 0.489 e. The third-order valence-electron chi connectivity index (χ3n) is 6.35. The number of carbonyl (C=O) groups excluding carboxylic acids is 3. The van der Waals surface area contributed by atoms with Gasteiger partial charge >= 0.3 is 5.97 Å². The number of rotatable bonds is 7. The SMILES string of the molecule is Nc1nc(C(N=O)C(=O)N[C@@H]2C(=O)N3C(C(=O)O)=C(C=C4CCN(c5ccccc5F)C4=O)OC[C@H]23)cs1. The summed E-state index contributed by atoms with van der Waals surface area (Å²) in [6, 6.07) is 2.18. The molecule has 15 heteroatoms. The number of allylic oxidation sites excluding steroid dienone is 1. The summed E-state index contributed by atoms with van der Waals surface area (Å²) in [5.74, 6) is -4.44. The van der Waals surface area contributed by atoms with E-state index < -0.39 is 53.3 Å². The molecule has 3 aliphatic rings. The smallest absolute Gasteiger partial charge is 0.356 e. The van der Waals surface area contributed by atoms with Gasteiger partial charge in [0.15, 0.2) is 16.6 Å². The number of fused-ring (bicyclic) bond motifs is 1. The van der Waals surface area contributed by atoms with Crippen LogP contribution in [0.4, 0.5) is 15.2 Å². The van der Waals surface area contributed by atoms with Crippen molar-refractivity contribution in [3.8, 4) is 0 Å². The van der Waals surface area contributed by atoms with Crippen molar-refractivity contribution < 1.29 is 33.4 Å². The minimum Gasteiger partial charge on any atom is -0.489 e. The van der Waals surface area contributed by atoms with Gasteiger partial charge in [0.2, 0.25) is 6.04 Å². The van der Waals surface area contributed by atoms with Gasteiger partial charge in [-0.3, -0.25) is 19.3 Å². The molecule has 3 atom stereocenters. The molecule has 1 unspecified atom stereocenters. The van der Waals surface area contributed by atoms with Crippen LogP contribution < -0.4 is 16.0 Å². The maximum Gasteiger partial charge on any atom is 0.356 e. The Morgan fingerprint density at radius 3 is 2.76 bits per heavy atom. The van der Waals surface area contributed by atoms with Crippen LogP contribution in [0.5, 0.6) is 0 Å². The lowest BCUT2D eigenvalue weighted by Gasteiger charge is -2.49. The molecule has 38 heavy (non-hydrogen) atoms. The molecule has 1 aromatic heterocycles. The third kappa shape index (κ3) is 4.15. The Morgan fingerprint density at radius 2 is 2.11 bits per heavy atom. The number of carboxylic acids is 1. The molecular weight excluding hydrogens is 523 g/mol. The van der Waals surface area contributed by atoms with Crippen LogP contribution in [-0.2, 0) is 23.9 Å². The zero-order valence-corrected chi connectivity index (χ0v) is 20.2. The zero-order valence-electron chi connectivity index (χ0n) is 19.4. The van der Waals surface area contributed by atoms with E-state index in [4.69, 9.17) is 10.5 Å². The molecule has 0 spiro atoms. The normalized spacial score (nSPS) is 22.6. The van der Waals surface area contributed by atoms with Crippen molar-refractivity contribution in [3.05, 3.63) is 69.2 Å². The first kappa shape index (κ1) is 25.0. The first-order valence-electron chi connectivity index (χ1n) is 11.3. The Kier molecular flexibility index (Phi) is 6.36. The molecule has 5 rings (SSSR count). The second-order valence-electron chi connectivity index (χ2n) is 8.54. The first-order valence-corrected chi connectivity index (χ1v) is 12.1. The van der Waals surface area contributed by atoms with Gasteiger partial charge in [0.1, 0.15) is 24.5 Å². The molecule has 2 aromatic rings. The van der Waals surface area contributed by atoms with E-state index >= 15 is 0 Å². The Labute approximate surface area is 217 Å². The van der Waals surface area contributed by atoms with Crippen LogP contribution in [0.25, 0.3) is 0 Å². The molecule has 3 amide bonds. The fraction of sp³-hybridized carbons (Fsp3) is 0.261. The highest BCUT2D eigenvalue weighted by molar-refractivity contribution is 7.13. The fourth-order valence-corrected chi connectivity index (χ4v) is 5.11. The number of nitroso groups, excluding NO2 is 1. The number of para-hydroxylation sites is 1. The Hall–Kier alpha value is -4.66. The lowest BCUT2D eigenvalue weighted by molar-refractivity contribution is -0.160. The molecule has 0 bridgehead atoms. The number of thiazole rings is 1. The van der Waals surface area contributed by atoms with E-state index in [1.165, 1.54) is 34.6 Å². The lowest BCUT2D eigenvalue weighted by Crippen LogP contribution is -2.73. The molecule has 3 aliphatic heterocycles. The highest BCUT2D eigenvalue weighted by atomic mass is 32.1. The number of β-lactam (4-membered cyclic amide) rings is 1. The van der Waals surface area contributed by atoms with E-state index in [2.05, 4.69) is 15.5 Å². The summed E-state index contributed by atoms with van der Waals surface area (Å²) in [7, 11) is 0. The van der Waals surface area contributed by atoms with Gasteiger partial charge in [0.25, 0.3) is 17.7 Å². The number of aliphatic carboxylic acids is 1. The number of amides is 3. The number of nitrogens with one attached hydrogen (secondary N) is 1. The summed E-state index contributed by atoms with van der Waals surface area (Å²) in [4.78, 5) is 67.8. The van der Waals surface area contributed by atoms with Crippen LogP contribution >= 0.6 is 11.3 Å². The maximum atomic E-state index is 14.2. The second-order valence-corrected chi connectivity index (χ2v) is 9.43. The molecule has 2 saturated heterocycles. The molecule has 4 N–H and O–H groups in total. The molecule has 196 valence electrons. The van der Waals surface area contributed by atoms with E-state index in [0.29, 0.717) is 0 Å². The summed E-state index contributed by atoms with van der Waals surface area (Å²) in [5.41, 5.74) is 5.33. The number of nitrogen functional groups attached to an aromatic ring is 1. The van der Waals surface area contributed by atoms with Crippen LogP contribution in [0, 0.1) is 10.7 Å². The number of anilines is 2. The predicted octanol–water partition coefficient (Wildman–Crippen LogP) is 1.06. The van der Waals surface area contributed by atoms with Crippen molar-refractivity contribution in [2.75, 3.05) is 23.8 Å². The van der Waals surface area contributed by atoms with Gasteiger partial charge in [0.05, 0.1) is 11.4 Å². The topological polar surface area (TPSA) is 185 Å². The van der Waals surface area contributed by atoms with Crippen LogP contribution in [0.1, 0.15) is 18.2 Å². The highest BCUT2D eigenvalue weighted by Crippen LogP contribution is 2.35. The summed E-state index contributed by atoms with van der Waals surface area (Å²) in [6.07, 6.45) is 1.44. The zero-order chi connectivity index (χ0) is 27.1. The van der Waals surface area contributed by atoms with Gasteiger partial charge in [-0.15, -0.1) is 16.2 Å². The van der Waals surface area contributed by atoms with Crippen molar-refractivity contribution in [1.29, 1.82) is 0 Å². The number of carbonyl (C=O) groups is 4. The monoisotopic (exact) mass is 542 g/mol. The first-order chi connectivity index (χ1) is 18.2. The number of nitrogens with zero attached hydrogens (tertiary/aromatic N) is 4. The summed E-state index contributed by atoms with van der Waals surface area (Å²) >= 11 is 1.01. The van der Waals surface area contributed by atoms with Crippen molar-refractivity contribution >= 4 is 45.8 Å². The van der Waals surface area contributed by atoms with Crippen LogP contribution in [0.3, 0.4) is 0 Å². The van der Waals surface area contributed by atoms with Gasteiger partial charge in [-0.05, 0) is 29.8 Å². The maximum absolute atomic E-state index is 14.2. The number of benzene rings is 1. The van der Waals surface area contributed by atoms with Crippen molar-refractivity contribution in [3.63, 3.8) is 0 Å². The van der Waals surface area contributed by atoms with E-state index in [1.54, 1.807) is 6.07 Å². The quantitative estimate of drug-likeness (QED) is 0.261. The van der Waals surface area contributed by atoms with Crippen molar-refractivity contribution in [2.45, 2.75) is 24.5 Å². The predicted molar refractivity (Wildman–Crippen MR) is 130 cm³/mol. The van der Waals surface area contributed by atoms with Gasteiger partial charge in [-0.1, -0.05) is 12.1 Å². The minimum atomic E-state index is -1.55. The van der Waals surface area contributed by atoms with Crippen LogP contribution in [0.15, 0.2) is 57.9 Å². The number of hydrogen-bond donors (Lipinski definition) is 3. The van der Waals surface area contributed by atoms with E-state index in [9.17, 15) is 33.6 Å². The Balaban J connectivity index is 1.35. The number of hydrogen-bond acceptors (Lipinski definition) is 10. The van der Waals surface area contributed by atoms with E-state index in [-0.39, 0.29) is 47.4 Å². The van der Waals surface area contributed by atoms with E-state index in [0.717, 1.165) is 16.2 Å². The van der Waals surface area contributed by atoms with Gasteiger partial charge in [-0.2, -0.15) is 0 Å². The molecular formula is C23H19FN6O7S. The van der Waals surface area contributed by atoms with Crippen LogP contribution in [-0.4, -0.2) is 63.9 Å². The minimum absolute atomic E-state index is 0.0224.